The number of nitrogens with two attached hydrogens (primary N) is 1. The fourth-order valence-corrected chi connectivity index (χ4v) is 1.40. The van der Waals surface area contributed by atoms with Gasteiger partial charge in [0, 0.05) is 5.56 Å². The van der Waals surface area contributed by atoms with Crippen molar-refractivity contribution in [1.82, 2.24) is 5.16 Å². The number of halogens is 1. The van der Waals surface area contributed by atoms with Gasteiger partial charge in [0.25, 0.3) is 0 Å². The topological polar surface area (TPSA) is 72.3 Å². The van der Waals surface area contributed by atoms with E-state index in [2.05, 4.69) is 9.68 Å². The van der Waals surface area contributed by atoms with Crippen LogP contribution in [-0.2, 0) is 0 Å². The number of aromatic hydroxyl groups is 1. The van der Waals surface area contributed by atoms with Gasteiger partial charge in [0.2, 0.25) is 5.88 Å². The third-order valence-electron chi connectivity index (χ3n) is 2.13. The molecule has 0 aliphatic heterocycles. The maximum Gasteiger partial charge on any atom is 0.230 e. The molecule has 0 atom stereocenters. The molecule has 0 aliphatic carbocycles. The molecule has 2 aromatic rings. The number of anilines is 1. The molecule has 4 nitrogen and oxygen atoms in total. The molecule has 0 aliphatic rings. The normalized spacial score (nSPS) is 10.5. The quantitative estimate of drug-likeness (QED) is 0.752. The number of phenolic OH excluding ortho intramolecular Hbond substituents is 1. The zero-order valence-electron chi connectivity index (χ0n) is 7.99. The highest BCUT2D eigenvalue weighted by molar-refractivity contribution is 5.74. The van der Waals surface area contributed by atoms with E-state index < -0.39 is 5.82 Å². The Hall–Kier alpha value is -2.04. The molecule has 15 heavy (non-hydrogen) atoms. The van der Waals surface area contributed by atoms with Gasteiger partial charge < -0.3 is 15.4 Å². The highest BCUT2D eigenvalue weighted by Crippen LogP contribution is 2.32. The summed E-state index contributed by atoms with van der Waals surface area (Å²) in [5, 5.41) is 12.8. The number of aryl methyl sites for hydroxylation is 1. The molecule has 5 heteroatoms. The van der Waals surface area contributed by atoms with Crippen molar-refractivity contribution < 1.29 is 14.0 Å². The predicted molar refractivity (Wildman–Crippen MR) is 52.7 cm³/mol. The Morgan fingerprint density at radius 2 is 2.13 bits per heavy atom. The summed E-state index contributed by atoms with van der Waals surface area (Å²) in [6.07, 6.45) is 1.31. The number of nitrogens with zero attached hydrogens (tertiary/aromatic N) is 1. The van der Waals surface area contributed by atoms with Gasteiger partial charge in [-0.3, -0.25) is 0 Å². The molecule has 1 aromatic heterocycles. The minimum Gasteiger partial charge on any atom is -0.508 e. The van der Waals surface area contributed by atoms with Crippen LogP contribution in [0.15, 0.2) is 22.9 Å². The Morgan fingerprint density at radius 1 is 1.40 bits per heavy atom. The third-order valence-corrected chi connectivity index (χ3v) is 2.13. The molecule has 0 unspecified atom stereocenters. The van der Waals surface area contributed by atoms with Crippen molar-refractivity contribution in [2.24, 2.45) is 0 Å². The van der Waals surface area contributed by atoms with Crippen LogP contribution in [0.3, 0.4) is 0 Å². The second-order valence-electron chi connectivity index (χ2n) is 3.23. The summed E-state index contributed by atoms with van der Waals surface area (Å²) < 4.78 is 18.3. The minimum atomic E-state index is -0.442. The Kier molecular flexibility index (Phi) is 2.07. The SMILES string of the molecule is Cc1cc(O)cc(-c2cnoc2N)c1F. The first-order chi connectivity index (χ1) is 7.09. The smallest absolute Gasteiger partial charge is 0.230 e. The standard InChI is InChI=1S/C10H9FN2O2/c1-5-2-6(14)3-7(9(5)11)8-4-13-15-10(8)12/h2-4,14H,12H2,1H3. The number of hydrogen-bond acceptors (Lipinski definition) is 4. The van der Waals surface area contributed by atoms with Crippen LogP contribution in [0.2, 0.25) is 0 Å². The van der Waals surface area contributed by atoms with Crippen LogP contribution in [0.4, 0.5) is 10.3 Å². The number of hydrogen-bond donors (Lipinski definition) is 2. The first-order valence-electron chi connectivity index (χ1n) is 4.29. The van der Waals surface area contributed by atoms with Crippen molar-refractivity contribution >= 4 is 5.88 Å². The molecule has 78 valence electrons. The van der Waals surface area contributed by atoms with Crippen molar-refractivity contribution in [2.75, 3.05) is 5.73 Å². The largest absolute Gasteiger partial charge is 0.508 e. The van der Waals surface area contributed by atoms with Gasteiger partial charge in [0.15, 0.2) is 0 Å². The highest BCUT2D eigenvalue weighted by atomic mass is 19.1. The van der Waals surface area contributed by atoms with Gasteiger partial charge in [0.05, 0.1) is 11.8 Å². The molecular formula is C10H9FN2O2. The molecule has 1 heterocycles. The van der Waals surface area contributed by atoms with Gasteiger partial charge in [-0.1, -0.05) is 5.16 Å². The zero-order chi connectivity index (χ0) is 11.0. The van der Waals surface area contributed by atoms with Crippen LogP contribution in [-0.4, -0.2) is 10.3 Å². The summed E-state index contributed by atoms with van der Waals surface area (Å²) in [6.45, 7) is 1.56. The third kappa shape index (κ3) is 1.52. The van der Waals surface area contributed by atoms with Crippen molar-refractivity contribution in [3.05, 3.63) is 29.7 Å². The number of nitrogen functional groups attached to an aromatic ring is 1. The Morgan fingerprint density at radius 3 is 2.73 bits per heavy atom. The van der Waals surface area contributed by atoms with E-state index in [0.29, 0.717) is 11.1 Å². The monoisotopic (exact) mass is 208 g/mol. The maximum atomic E-state index is 13.7. The van der Waals surface area contributed by atoms with E-state index in [-0.39, 0.29) is 17.2 Å². The van der Waals surface area contributed by atoms with Crippen LogP contribution >= 0.6 is 0 Å². The van der Waals surface area contributed by atoms with E-state index >= 15 is 0 Å². The number of phenols is 1. The van der Waals surface area contributed by atoms with E-state index in [1.54, 1.807) is 6.92 Å². The summed E-state index contributed by atoms with van der Waals surface area (Å²) in [6, 6.07) is 2.62. The molecule has 0 spiro atoms. The molecule has 0 amide bonds. The lowest BCUT2D eigenvalue weighted by atomic mass is 10.0. The van der Waals surface area contributed by atoms with Gasteiger partial charge >= 0.3 is 0 Å². The van der Waals surface area contributed by atoms with Crippen molar-refractivity contribution in [2.45, 2.75) is 6.92 Å². The summed E-state index contributed by atoms with van der Waals surface area (Å²) in [5.74, 6) is -0.439. The zero-order valence-corrected chi connectivity index (χ0v) is 7.99. The Balaban J connectivity index is 2.68. The summed E-state index contributed by atoms with van der Waals surface area (Å²) in [4.78, 5) is 0. The lowest BCUT2D eigenvalue weighted by Gasteiger charge is -2.04. The van der Waals surface area contributed by atoms with Crippen LogP contribution in [0.1, 0.15) is 5.56 Å². The molecular weight excluding hydrogens is 199 g/mol. The number of aromatic nitrogens is 1. The van der Waals surface area contributed by atoms with E-state index in [0.717, 1.165) is 0 Å². The minimum absolute atomic E-state index is 0.0236. The maximum absolute atomic E-state index is 13.7. The number of benzene rings is 1. The first-order valence-corrected chi connectivity index (χ1v) is 4.29. The average Bonchev–Trinajstić information content (AvgIpc) is 2.58. The fourth-order valence-electron chi connectivity index (χ4n) is 1.40. The van der Waals surface area contributed by atoms with Crippen LogP contribution < -0.4 is 5.73 Å². The highest BCUT2D eigenvalue weighted by Gasteiger charge is 2.14. The van der Waals surface area contributed by atoms with Crippen LogP contribution in [0.25, 0.3) is 11.1 Å². The number of rotatable bonds is 1. The summed E-state index contributed by atoms with van der Waals surface area (Å²) in [5.41, 5.74) is 6.33. The van der Waals surface area contributed by atoms with E-state index in [1.165, 1.54) is 18.3 Å². The van der Waals surface area contributed by atoms with Gasteiger partial charge in [-0.2, -0.15) is 0 Å². The van der Waals surface area contributed by atoms with E-state index in [1.807, 2.05) is 0 Å². The molecule has 0 saturated heterocycles. The predicted octanol–water partition coefficient (Wildman–Crippen LogP) is 2.08. The molecule has 1 aromatic carbocycles. The van der Waals surface area contributed by atoms with Crippen LogP contribution in [0, 0.1) is 12.7 Å². The summed E-state index contributed by atoms with van der Waals surface area (Å²) >= 11 is 0. The molecule has 0 saturated carbocycles. The average molecular weight is 208 g/mol. The fraction of sp³-hybridized carbons (Fsp3) is 0.100. The molecule has 2 rings (SSSR count). The molecule has 0 fully saturated rings. The lowest BCUT2D eigenvalue weighted by molar-refractivity contribution is 0.436. The van der Waals surface area contributed by atoms with Crippen LogP contribution in [0.5, 0.6) is 5.75 Å². The molecule has 3 N–H and O–H groups in total. The first kappa shape index (κ1) is 9.51. The van der Waals surface area contributed by atoms with Crippen molar-refractivity contribution in [1.29, 1.82) is 0 Å². The molecule has 0 bridgehead atoms. The Bertz CT molecular complexity index is 508. The lowest BCUT2D eigenvalue weighted by Crippen LogP contribution is -1.91. The second kappa shape index (κ2) is 3.27. The van der Waals surface area contributed by atoms with E-state index in [9.17, 15) is 9.50 Å². The molecule has 0 radical (unpaired) electrons. The van der Waals surface area contributed by atoms with Crippen molar-refractivity contribution in [3.8, 4) is 16.9 Å². The van der Waals surface area contributed by atoms with Gasteiger partial charge in [0.1, 0.15) is 11.6 Å². The summed E-state index contributed by atoms with van der Waals surface area (Å²) in [7, 11) is 0. The Labute approximate surface area is 85.1 Å². The second-order valence-corrected chi connectivity index (χ2v) is 3.23. The van der Waals surface area contributed by atoms with Gasteiger partial charge in [-0.25, -0.2) is 4.39 Å². The van der Waals surface area contributed by atoms with Gasteiger partial charge in [-0.05, 0) is 24.6 Å². The van der Waals surface area contributed by atoms with E-state index in [4.69, 9.17) is 5.73 Å². The van der Waals surface area contributed by atoms with Gasteiger partial charge in [-0.15, -0.1) is 0 Å². The van der Waals surface area contributed by atoms with Crippen molar-refractivity contribution in [3.63, 3.8) is 0 Å².